The molecule has 1 atom stereocenters. The van der Waals surface area contributed by atoms with E-state index in [1.165, 1.54) is 32.2 Å². The number of nitrogens with one attached hydrogen (secondary N) is 1. The topological polar surface area (TPSA) is 34.1 Å². The van der Waals surface area contributed by atoms with Crippen LogP contribution >= 0.6 is 11.6 Å². The van der Waals surface area contributed by atoms with Gasteiger partial charge in [-0.1, -0.05) is 24.1 Å². The van der Waals surface area contributed by atoms with Crippen molar-refractivity contribution in [2.45, 2.75) is 44.8 Å². The molecule has 1 saturated heterocycles. The number of aromatic nitrogens is 1. The van der Waals surface area contributed by atoms with E-state index in [1.54, 1.807) is 12.3 Å². The van der Waals surface area contributed by atoms with Crippen molar-refractivity contribution in [2.24, 2.45) is 0 Å². The van der Waals surface area contributed by atoms with Gasteiger partial charge in [-0.05, 0) is 43.9 Å². The number of halogens is 1. The maximum absolute atomic E-state index is 5.72. The molecule has 2 rings (SSSR count). The Balaban J connectivity index is 1.54. The highest BCUT2D eigenvalue weighted by atomic mass is 35.5. The van der Waals surface area contributed by atoms with Gasteiger partial charge < -0.3 is 10.1 Å². The number of pyridine rings is 1. The minimum atomic E-state index is 0.530. The lowest BCUT2D eigenvalue weighted by molar-refractivity contribution is 0.114. The van der Waals surface area contributed by atoms with Gasteiger partial charge in [-0.3, -0.25) is 0 Å². The van der Waals surface area contributed by atoms with E-state index in [0.29, 0.717) is 17.8 Å². The number of nitrogens with zero attached hydrogens (tertiary/aromatic N) is 1. The third-order valence-electron chi connectivity index (χ3n) is 3.31. The van der Waals surface area contributed by atoms with Crippen LogP contribution in [0.25, 0.3) is 0 Å². The van der Waals surface area contributed by atoms with Crippen LogP contribution in [0, 0.1) is 0 Å². The Hall–Kier alpha value is -0.640. The van der Waals surface area contributed by atoms with Crippen LogP contribution in [0.1, 0.15) is 37.7 Å². The molecule has 0 unspecified atom stereocenters. The van der Waals surface area contributed by atoms with Crippen LogP contribution in [0.4, 0.5) is 0 Å². The first-order valence-electron chi connectivity index (χ1n) is 6.76. The van der Waals surface area contributed by atoms with E-state index in [2.05, 4.69) is 10.3 Å². The van der Waals surface area contributed by atoms with Gasteiger partial charge in [0.15, 0.2) is 0 Å². The lowest BCUT2D eigenvalue weighted by Crippen LogP contribution is -2.33. The van der Waals surface area contributed by atoms with Crippen LogP contribution in [0.3, 0.4) is 0 Å². The van der Waals surface area contributed by atoms with Crippen molar-refractivity contribution in [2.75, 3.05) is 13.2 Å². The quantitative estimate of drug-likeness (QED) is 0.636. The van der Waals surface area contributed by atoms with Gasteiger partial charge in [0, 0.05) is 18.8 Å². The monoisotopic (exact) mass is 268 g/mol. The second-order valence-corrected chi connectivity index (χ2v) is 5.22. The second-order valence-electron chi connectivity index (χ2n) is 4.83. The second kappa shape index (κ2) is 7.72. The SMILES string of the molecule is Clc1ccc(COCCC[C@H]2CCCCN2)cn1. The van der Waals surface area contributed by atoms with Gasteiger partial charge in [-0.2, -0.15) is 0 Å². The summed E-state index contributed by atoms with van der Waals surface area (Å²) in [6.45, 7) is 2.63. The molecule has 18 heavy (non-hydrogen) atoms. The van der Waals surface area contributed by atoms with Gasteiger partial charge in [-0.25, -0.2) is 4.98 Å². The van der Waals surface area contributed by atoms with Crippen molar-refractivity contribution in [3.05, 3.63) is 29.0 Å². The van der Waals surface area contributed by atoms with Crippen molar-refractivity contribution in [1.82, 2.24) is 10.3 Å². The van der Waals surface area contributed by atoms with Crippen LogP contribution in [0.2, 0.25) is 5.15 Å². The minimum absolute atomic E-state index is 0.530. The van der Waals surface area contributed by atoms with Gasteiger partial charge in [0.1, 0.15) is 5.15 Å². The largest absolute Gasteiger partial charge is 0.377 e. The summed E-state index contributed by atoms with van der Waals surface area (Å²) in [6, 6.07) is 4.46. The molecule has 1 aliphatic rings. The van der Waals surface area contributed by atoms with Crippen LogP contribution < -0.4 is 5.32 Å². The first-order valence-corrected chi connectivity index (χ1v) is 7.14. The van der Waals surface area contributed by atoms with Crippen molar-refractivity contribution >= 4 is 11.6 Å². The predicted octanol–water partition coefficient (Wildman–Crippen LogP) is 3.17. The fourth-order valence-electron chi connectivity index (χ4n) is 2.28. The molecule has 1 N–H and O–H groups in total. The summed E-state index contributed by atoms with van der Waals surface area (Å²) in [6.07, 6.45) is 8.13. The number of ether oxygens (including phenoxy) is 1. The summed E-state index contributed by atoms with van der Waals surface area (Å²) in [5.74, 6) is 0. The fourth-order valence-corrected chi connectivity index (χ4v) is 2.40. The average Bonchev–Trinajstić information content (AvgIpc) is 2.42. The van der Waals surface area contributed by atoms with Gasteiger partial charge in [-0.15, -0.1) is 0 Å². The zero-order valence-electron chi connectivity index (χ0n) is 10.7. The molecule has 0 bridgehead atoms. The summed E-state index contributed by atoms with van der Waals surface area (Å²) in [7, 11) is 0. The van der Waals surface area contributed by atoms with Gasteiger partial charge in [0.05, 0.1) is 6.61 Å². The molecule has 0 radical (unpaired) electrons. The first kappa shape index (κ1) is 13.8. The van der Waals surface area contributed by atoms with E-state index in [-0.39, 0.29) is 0 Å². The minimum Gasteiger partial charge on any atom is -0.377 e. The fraction of sp³-hybridized carbons (Fsp3) is 0.643. The molecular weight excluding hydrogens is 248 g/mol. The summed E-state index contributed by atoms with van der Waals surface area (Å²) >= 11 is 5.72. The molecule has 2 heterocycles. The lowest BCUT2D eigenvalue weighted by Gasteiger charge is -2.23. The Kier molecular flexibility index (Phi) is 5.91. The third kappa shape index (κ3) is 4.92. The Labute approximate surface area is 114 Å². The molecule has 0 aliphatic carbocycles. The summed E-state index contributed by atoms with van der Waals surface area (Å²) in [5, 5.41) is 4.08. The average molecular weight is 269 g/mol. The lowest BCUT2D eigenvalue weighted by atomic mass is 10.0. The highest BCUT2D eigenvalue weighted by Crippen LogP contribution is 2.12. The molecule has 3 nitrogen and oxygen atoms in total. The van der Waals surface area contributed by atoms with Crippen molar-refractivity contribution in [3.8, 4) is 0 Å². The molecule has 1 aromatic rings. The summed E-state index contributed by atoms with van der Waals surface area (Å²) in [4.78, 5) is 4.03. The Morgan fingerprint density at radius 2 is 2.33 bits per heavy atom. The molecule has 0 saturated carbocycles. The Bertz CT molecular complexity index is 336. The highest BCUT2D eigenvalue weighted by Gasteiger charge is 2.11. The summed E-state index contributed by atoms with van der Waals surface area (Å²) in [5.41, 5.74) is 1.08. The molecular formula is C14H21ClN2O. The number of rotatable bonds is 6. The van der Waals surface area contributed by atoms with Crippen LogP contribution in [-0.2, 0) is 11.3 Å². The highest BCUT2D eigenvalue weighted by molar-refractivity contribution is 6.29. The zero-order valence-corrected chi connectivity index (χ0v) is 11.5. The Morgan fingerprint density at radius 1 is 1.39 bits per heavy atom. The van der Waals surface area contributed by atoms with E-state index >= 15 is 0 Å². The molecule has 100 valence electrons. The van der Waals surface area contributed by atoms with Crippen LogP contribution in [-0.4, -0.2) is 24.2 Å². The predicted molar refractivity (Wildman–Crippen MR) is 73.8 cm³/mol. The number of hydrogen-bond donors (Lipinski definition) is 1. The standard InChI is InChI=1S/C14H21ClN2O/c15-14-7-6-12(10-17-14)11-18-9-3-5-13-4-1-2-8-16-13/h6-7,10,13,16H,1-5,8-9,11H2/t13-/m1/s1. The third-order valence-corrected chi connectivity index (χ3v) is 3.53. The summed E-state index contributed by atoms with van der Waals surface area (Å²) < 4.78 is 5.64. The van der Waals surface area contributed by atoms with Crippen molar-refractivity contribution in [1.29, 1.82) is 0 Å². The number of hydrogen-bond acceptors (Lipinski definition) is 3. The molecule has 1 aliphatic heterocycles. The molecule has 4 heteroatoms. The van der Waals surface area contributed by atoms with Crippen LogP contribution in [0.15, 0.2) is 18.3 Å². The van der Waals surface area contributed by atoms with Crippen molar-refractivity contribution in [3.63, 3.8) is 0 Å². The van der Waals surface area contributed by atoms with E-state index in [9.17, 15) is 0 Å². The van der Waals surface area contributed by atoms with Crippen molar-refractivity contribution < 1.29 is 4.74 Å². The molecule has 0 amide bonds. The van der Waals surface area contributed by atoms with E-state index in [1.807, 2.05) is 6.07 Å². The number of piperidine rings is 1. The van der Waals surface area contributed by atoms with Gasteiger partial charge in [0.25, 0.3) is 0 Å². The molecule has 1 fully saturated rings. The molecule has 0 spiro atoms. The van der Waals surface area contributed by atoms with E-state index < -0.39 is 0 Å². The van der Waals surface area contributed by atoms with Gasteiger partial charge >= 0.3 is 0 Å². The Morgan fingerprint density at radius 3 is 3.06 bits per heavy atom. The molecule has 0 aromatic carbocycles. The van der Waals surface area contributed by atoms with E-state index in [4.69, 9.17) is 16.3 Å². The maximum atomic E-state index is 5.72. The molecule has 1 aromatic heterocycles. The van der Waals surface area contributed by atoms with Gasteiger partial charge in [0.2, 0.25) is 0 Å². The maximum Gasteiger partial charge on any atom is 0.129 e. The zero-order chi connectivity index (χ0) is 12.6. The normalized spacial score (nSPS) is 19.9. The smallest absolute Gasteiger partial charge is 0.129 e. The van der Waals surface area contributed by atoms with E-state index in [0.717, 1.165) is 18.6 Å². The first-order chi connectivity index (χ1) is 8.84. The van der Waals surface area contributed by atoms with Crippen LogP contribution in [0.5, 0.6) is 0 Å².